The lowest BCUT2D eigenvalue weighted by atomic mass is 10.2. The molecule has 0 fully saturated rings. The minimum Gasteiger partial charge on any atom is -0.489 e. The van der Waals surface area contributed by atoms with Crippen molar-refractivity contribution in [2.45, 2.75) is 6.42 Å². The second-order valence-corrected chi connectivity index (χ2v) is 5.52. The molecule has 6 heteroatoms. The molecule has 0 saturated carbocycles. The fourth-order valence-corrected chi connectivity index (χ4v) is 2.18. The molecule has 23 heavy (non-hydrogen) atoms. The predicted molar refractivity (Wildman–Crippen MR) is 91.8 cm³/mol. The lowest BCUT2D eigenvalue weighted by Gasteiger charge is -2.11. The fourth-order valence-electron chi connectivity index (χ4n) is 2.18. The van der Waals surface area contributed by atoms with Gasteiger partial charge in [0.25, 0.3) is 0 Å². The summed E-state index contributed by atoms with van der Waals surface area (Å²) in [4.78, 5) is 18.0. The van der Waals surface area contributed by atoms with E-state index in [-0.39, 0.29) is 6.03 Å². The standard InChI is InChI=1S/C17H24N4O2/c1-21(2)12-5-10-19-17(22)20-11-13-23-15-8-3-6-14-7-4-9-18-16(14)15/h3-4,6-9H,5,10-13H2,1-2H3,(H2,19,20,22). The molecule has 0 radical (unpaired) electrons. The van der Waals surface area contributed by atoms with Crippen LogP contribution in [0.3, 0.4) is 0 Å². The number of carbonyl (C=O) groups is 1. The van der Waals surface area contributed by atoms with Crippen LogP contribution in [0.2, 0.25) is 0 Å². The monoisotopic (exact) mass is 316 g/mol. The summed E-state index contributed by atoms with van der Waals surface area (Å²) in [7, 11) is 4.03. The van der Waals surface area contributed by atoms with E-state index in [1.807, 2.05) is 44.4 Å². The molecule has 1 aromatic heterocycles. The summed E-state index contributed by atoms with van der Waals surface area (Å²) in [6.07, 6.45) is 2.67. The SMILES string of the molecule is CN(C)CCCNC(=O)NCCOc1cccc2cccnc12. The van der Waals surface area contributed by atoms with Gasteiger partial charge in [-0.2, -0.15) is 0 Å². The van der Waals surface area contributed by atoms with Gasteiger partial charge in [0.05, 0.1) is 6.54 Å². The molecular formula is C17H24N4O2. The third kappa shape index (κ3) is 5.75. The second-order valence-electron chi connectivity index (χ2n) is 5.52. The Balaban J connectivity index is 1.68. The molecular weight excluding hydrogens is 292 g/mol. The van der Waals surface area contributed by atoms with Gasteiger partial charge >= 0.3 is 6.03 Å². The summed E-state index contributed by atoms with van der Waals surface area (Å²) >= 11 is 0. The first-order valence-electron chi connectivity index (χ1n) is 7.80. The number of ether oxygens (including phenoxy) is 1. The molecule has 0 saturated heterocycles. The van der Waals surface area contributed by atoms with Gasteiger partial charge in [0, 0.05) is 18.1 Å². The number of nitrogens with zero attached hydrogens (tertiary/aromatic N) is 2. The Morgan fingerprint density at radius 3 is 2.78 bits per heavy atom. The van der Waals surface area contributed by atoms with Gasteiger partial charge in [0.2, 0.25) is 0 Å². The Bertz CT molecular complexity index is 626. The molecule has 124 valence electrons. The summed E-state index contributed by atoms with van der Waals surface area (Å²) in [6.45, 7) is 2.47. The van der Waals surface area contributed by atoms with Crippen molar-refractivity contribution in [3.63, 3.8) is 0 Å². The van der Waals surface area contributed by atoms with Crippen LogP contribution in [0.25, 0.3) is 10.9 Å². The molecule has 0 aliphatic rings. The minimum absolute atomic E-state index is 0.164. The number of benzene rings is 1. The highest BCUT2D eigenvalue weighted by molar-refractivity contribution is 5.84. The third-order valence-corrected chi connectivity index (χ3v) is 3.31. The largest absolute Gasteiger partial charge is 0.489 e. The van der Waals surface area contributed by atoms with Crippen LogP contribution in [0.15, 0.2) is 36.5 Å². The minimum atomic E-state index is -0.164. The van der Waals surface area contributed by atoms with E-state index in [0.29, 0.717) is 19.7 Å². The lowest BCUT2D eigenvalue weighted by molar-refractivity contribution is 0.236. The fraction of sp³-hybridized carbons (Fsp3) is 0.412. The number of hydrogen-bond donors (Lipinski definition) is 2. The summed E-state index contributed by atoms with van der Waals surface area (Å²) in [5.41, 5.74) is 0.836. The Morgan fingerprint density at radius 1 is 1.17 bits per heavy atom. The average Bonchev–Trinajstić information content (AvgIpc) is 2.55. The Labute approximate surface area is 136 Å². The first-order valence-corrected chi connectivity index (χ1v) is 7.80. The number of nitrogens with one attached hydrogen (secondary N) is 2. The van der Waals surface area contributed by atoms with E-state index < -0.39 is 0 Å². The van der Waals surface area contributed by atoms with Crippen molar-refractivity contribution < 1.29 is 9.53 Å². The van der Waals surface area contributed by atoms with Crippen LogP contribution in [0.4, 0.5) is 4.79 Å². The topological polar surface area (TPSA) is 66.5 Å². The van der Waals surface area contributed by atoms with Gasteiger partial charge in [0.1, 0.15) is 17.9 Å². The first-order chi connectivity index (χ1) is 11.2. The number of rotatable bonds is 8. The molecule has 6 nitrogen and oxygen atoms in total. The van der Waals surface area contributed by atoms with Crippen molar-refractivity contribution in [3.05, 3.63) is 36.5 Å². The van der Waals surface area contributed by atoms with E-state index in [4.69, 9.17) is 4.74 Å². The lowest BCUT2D eigenvalue weighted by Crippen LogP contribution is -2.38. The molecule has 2 aromatic rings. The number of hydrogen-bond acceptors (Lipinski definition) is 4. The van der Waals surface area contributed by atoms with E-state index in [9.17, 15) is 4.79 Å². The summed E-state index contributed by atoms with van der Waals surface area (Å²) in [5, 5.41) is 6.64. The molecule has 0 aliphatic carbocycles. The maximum Gasteiger partial charge on any atom is 0.314 e. The molecule has 0 bridgehead atoms. The maximum atomic E-state index is 11.6. The van der Waals surface area contributed by atoms with E-state index in [2.05, 4.69) is 20.5 Å². The van der Waals surface area contributed by atoms with Gasteiger partial charge in [-0.05, 0) is 39.2 Å². The quantitative estimate of drug-likeness (QED) is 0.730. The number of fused-ring (bicyclic) bond motifs is 1. The van der Waals surface area contributed by atoms with Gasteiger partial charge in [-0.25, -0.2) is 4.79 Å². The van der Waals surface area contributed by atoms with E-state index in [1.54, 1.807) is 6.20 Å². The van der Waals surface area contributed by atoms with E-state index >= 15 is 0 Å². The van der Waals surface area contributed by atoms with Crippen LogP contribution in [0.5, 0.6) is 5.75 Å². The molecule has 2 amide bonds. The summed E-state index contributed by atoms with van der Waals surface area (Å²) in [5.74, 6) is 0.733. The molecule has 0 aliphatic heterocycles. The van der Waals surface area contributed by atoms with Crippen LogP contribution in [0.1, 0.15) is 6.42 Å². The molecule has 1 aromatic carbocycles. The normalized spacial score (nSPS) is 10.7. The van der Waals surface area contributed by atoms with Crippen molar-refractivity contribution in [1.29, 1.82) is 0 Å². The third-order valence-electron chi connectivity index (χ3n) is 3.31. The zero-order chi connectivity index (χ0) is 16.5. The van der Waals surface area contributed by atoms with Gasteiger partial charge < -0.3 is 20.3 Å². The second kappa shape index (κ2) is 8.95. The smallest absolute Gasteiger partial charge is 0.314 e. The first kappa shape index (κ1) is 17.0. The van der Waals surface area contributed by atoms with Crippen LogP contribution >= 0.6 is 0 Å². The highest BCUT2D eigenvalue weighted by Crippen LogP contribution is 2.22. The number of para-hydroxylation sites is 1. The highest BCUT2D eigenvalue weighted by atomic mass is 16.5. The van der Waals surface area contributed by atoms with Gasteiger partial charge in [-0.15, -0.1) is 0 Å². The van der Waals surface area contributed by atoms with Crippen LogP contribution in [-0.4, -0.2) is 56.3 Å². The van der Waals surface area contributed by atoms with Crippen molar-refractivity contribution in [1.82, 2.24) is 20.5 Å². The van der Waals surface area contributed by atoms with E-state index in [0.717, 1.165) is 29.6 Å². The van der Waals surface area contributed by atoms with Crippen molar-refractivity contribution in [2.75, 3.05) is 40.3 Å². The molecule has 0 spiro atoms. The number of amides is 2. The van der Waals surface area contributed by atoms with Crippen molar-refractivity contribution in [2.24, 2.45) is 0 Å². The Morgan fingerprint density at radius 2 is 1.96 bits per heavy atom. The number of aromatic nitrogens is 1. The number of pyridine rings is 1. The van der Waals surface area contributed by atoms with Crippen LogP contribution in [-0.2, 0) is 0 Å². The predicted octanol–water partition coefficient (Wildman–Crippen LogP) is 1.86. The van der Waals surface area contributed by atoms with Crippen molar-refractivity contribution in [3.8, 4) is 5.75 Å². The molecule has 2 N–H and O–H groups in total. The number of carbonyl (C=O) groups excluding carboxylic acids is 1. The van der Waals surface area contributed by atoms with Crippen LogP contribution < -0.4 is 15.4 Å². The molecule has 0 unspecified atom stereocenters. The number of urea groups is 1. The van der Waals surface area contributed by atoms with Crippen molar-refractivity contribution >= 4 is 16.9 Å². The molecule has 2 rings (SSSR count). The maximum absolute atomic E-state index is 11.6. The van der Waals surface area contributed by atoms with Gasteiger partial charge in [-0.3, -0.25) is 4.98 Å². The summed E-state index contributed by atoms with van der Waals surface area (Å²) < 4.78 is 5.72. The Hall–Kier alpha value is -2.34. The average molecular weight is 316 g/mol. The zero-order valence-electron chi connectivity index (χ0n) is 13.7. The molecule has 1 heterocycles. The van der Waals surface area contributed by atoms with Crippen LogP contribution in [0, 0.1) is 0 Å². The van der Waals surface area contributed by atoms with E-state index in [1.165, 1.54) is 0 Å². The van der Waals surface area contributed by atoms with Gasteiger partial charge in [0.15, 0.2) is 0 Å². The van der Waals surface area contributed by atoms with Gasteiger partial charge in [-0.1, -0.05) is 18.2 Å². The summed E-state index contributed by atoms with van der Waals surface area (Å²) in [6, 6.07) is 9.54. The zero-order valence-corrected chi connectivity index (χ0v) is 13.7. The highest BCUT2D eigenvalue weighted by Gasteiger charge is 2.03. The molecule has 0 atom stereocenters. The Kier molecular flexibility index (Phi) is 6.62.